The van der Waals surface area contributed by atoms with E-state index in [0.29, 0.717) is 18.7 Å². The van der Waals surface area contributed by atoms with Crippen LogP contribution < -0.4 is 17.3 Å². The molecule has 1 aliphatic carbocycles. The fourth-order valence-electron chi connectivity index (χ4n) is 1.61. The summed E-state index contributed by atoms with van der Waals surface area (Å²) in [5, 5.41) is 1.67. The number of rotatable bonds is 2. The molecule has 0 bridgehead atoms. The van der Waals surface area contributed by atoms with Crippen LogP contribution in [0.2, 0.25) is 0 Å². The van der Waals surface area contributed by atoms with E-state index in [2.05, 4.69) is 36.7 Å². The van der Waals surface area contributed by atoms with Crippen LogP contribution in [0.5, 0.6) is 0 Å². The van der Waals surface area contributed by atoms with Crippen molar-refractivity contribution >= 4 is 15.9 Å². The quantitative estimate of drug-likeness (QED) is 0.537. The first-order chi connectivity index (χ1) is 7.72. The zero-order valence-corrected chi connectivity index (χ0v) is 12.2. The lowest BCUT2D eigenvalue weighted by Gasteiger charge is -2.29. The Bertz CT molecular complexity index is 388. The second kappa shape index (κ2) is 5.14. The van der Waals surface area contributed by atoms with E-state index >= 15 is 0 Å². The molecule has 0 saturated heterocycles. The molecule has 6 N–H and O–H groups in total. The fraction of sp³-hybridized carbons (Fsp3) is 0.500. The van der Waals surface area contributed by atoms with E-state index in [0.717, 1.165) is 15.9 Å². The van der Waals surface area contributed by atoms with Crippen LogP contribution in [0.3, 0.4) is 0 Å². The maximum absolute atomic E-state index is 6.06. The SMILES string of the molecule is CC(C)(C)CN(N)C1=C(N)C(Br)=C(N)CC=C1. The van der Waals surface area contributed by atoms with Gasteiger partial charge in [0.05, 0.1) is 15.9 Å². The molecule has 0 aliphatic heterocycles. The highest BCUT2D eigenvalue weighted by atomic mass is 79.9. The van der Waals surface area contributed by atoms with Gasteiger partial charge >= 0.3 is 0 Å². The Hall–Kier alpha value is -0.940. The molecule has 0 aromatic carbocycles. The van der Waals surface area contributed by atoms with Gasteiger partial charge in [-0.1, -0.05) is 26.8 Å². The Morgan fingerprint density at radius 1 is 1.35 bits per heavy atom. The van der Waals surface area contributed by atoms with Gasteiger partial charge in [0.25, 0.3) is 0 Å². The van der Waals surface area contributed by atoms with E-state index in [9.17, 15) is 0 Å². The third-order valence-corrected chi connectivity index (χ3v) is 3.30. The average Bonchev–Trinajstić information content (AvgIpc) is 2.29. The molecule has 1 rings (SSSR count). The number of halogens is 1. The van der Waals surface area contributed by atoms with Crippen LogP contribution in [0.25, 0.3) is 0 Å². The van der Waals surface area contributed by atoms with Gasteiger partial charge in [-0.3, -0.25) is 0 Å². The Labute approximate surface area is 111 Å². The summed E-state index contributed by atoms with van der Waals surface area (Å²) in [5.41, 5.74) is 14.1. The predicted molar refractivity (Wildman–Crippen MR) is 75.5 cm³/mol. The van der Waals surface area contributed by atoms with Crippen LogP contribution >= 0.6 is 15.9 Å². The molecule has 1 aliphatic rings. The van der Waals surface area contributed by atoms with Gasteiger partial charge in [0.15, 0.2) is 0 Å². The molecule has 0 amide bonds. The number of hydrogen-bond donors (Lipinski definition) is 3. The molecule has 96 valence electrons. The van der Waals surface area contributed by atoms with Gasteiger partial charge in [-0.2, -0.15) is 0 Å². The Kier molecular flexibility index (Phi) is 4.27. The molecule has 0 saturated carbocycles. The van der Waals surface area contributed by atoms with E-state index in [4.69, 9.17) is 17.3 Å². The van der Waals surface area contributed by atoms with E-state index in [-0.39, 0.29) is 5.41 Å². The van der Waals surface area contributed by atoms with Crippen molar-refractivity contribution in [3.8, 4) is 0 Å². The molecule has 0 aromatic heterocycles. The van der Waals surface area contributed by atoms with Crippen LogP contribution in [0.15, 0.2) is 33.7 Å². The maximum atomic E-state index is 6.06. The van der Waals surface area contributed by atoms with Crippen LogP contribution in [0.1, 0.15) is 27.2 Å². The largest absolute Gasteiger partial charge is 0.401 e. The molecule has 0 atom stereocenters. The van der Waals surface area contributed by atoms with Gasteiger partial charge in [-0.15, -0.1) is 0 Å². The summed E-state index contributed by atoms with van der Waals surface area (Å²) in [5.74, 6) is 6.06. The van der Waals surface area contributed by atoms with Crippen LogP contribution in [-0.2, 0) is 0 Å². The third kappa shape index (κ3) is 3.78. The predicted octanol–water partition coefficient (Wildman–Crippen LogP) is 1.90. The minimum atomic E-state index is 0.101. The normalized spacial score (nSPS) is 17.5. The van der Waals surface area contributed by atoms with Crippen molar-refractivity contribution in [2.45, 2.75) is 27.2 Å². The average molecular weight is 301 g/mol. The Morgan fingerprint density at radius 3 is 2.47 bits per heavy atom. The summed E-state index contributed by atoms with van der Waals surface area (Å²) in [7, 11) is 0. The van der Waals surface area contributed by atoms with Gasteiger partial charge in [-0.05, 0) is 27.4 Å². The van der Waals surface area contributed by atoms with E-state index in [1.165, 1.54) is 0 Å². The van der Waals surface area contributed by atoms with Gasteiger partial charge < -0.3 is 16.5 Å². The fourth-order valence-corrected chi connectivity index (χ4v) is 1.97. The van der Waals surface area contributed by atoms with E-state index in [1.807, 2.05) is 12.2 Å². The molecule has 0 radical (unpaired) electrons. The highest BCUT2D eigenvalue weighted by molar-refractivity contribution is 9.12. The van der Waals surface area contributed by atoms with Crippen molar-refractivity contribution < 1.29 is 0 Å². The van der Waals surface area contributed by atoms with Crippen molar-refractivity contribution in [3.63, 3.8) is 0 Å². The monoisotopic (exact) mass is 300 g/mol. The van der Waals surface area contributed by atoms with Crippen molar-refractivity contribution in [3.05, 3.63) is 33.7 Å². The van der Waals surface area contributed by atoms with Gasteiger partial charge in [0, 0.05) is 18.7 Å². The summed E-state index contributed by atoms with van der Waals surface area (Å²) in [6.07, 6.45) is 4.56. The highest BCUT2D eigenvalue weighted by Gasteiger charge is 2.19. The minimum absolute atomic E-state index is 0.101. The molecular weight excluding hydrogens is 280 g/mol. The Morgan fingerprint density at radius 2 is 1.94 bits per heavy atom. The first-order valence-corrected chi connectivity index (χ1v) is 6.34. The summed E-state index contributed by atoms with van der Waals surface area (Å²) in [6.45, 7) is 7.10. The smallest absolute Gasteiger partial charge is 0.0756 e. The van der Waals surface area contributed by atoms with Crippen molar-refractivity contribution in [1.82, 2.24) is 5.01 Å². The van der Waals surface area contributed by atoms with Crippen LogP contribution in [-0.4, -0.2) is 11.6 Å². The zero-order valence-electron chi connectivity index (χ0n) is 10.6. The van der Waals surface area contributed by atoms with Crippen molar-refractivity contribution in [2.75, 3.05) is 6.54 Å². The summed E-state index contributed by atoms with van der Waals surface area (Å²) < 4.78 is 0.738. The number of hydrazine groups is 1. The summed E-state index contributed by atoms with van der Waals surface area (Å²) in [4.78, 5) is 0. The molecule has 0 fully saturated rings. The lowest BCUT2D eigenvalue weighted by Crippen LogP contribution is -2.38. The lowest BCUT2D eigenvalue weighted by molar-refractivity contribution is 0.243. The van der Waals surface area contributed by atoms with E-state index in [1.54, 1.807) is 5.01 Å². The topological polar surface area (TPSA) is 81.3 Å². The zero-order chi connectivity index (χ0) is 13.2. The third-order valence-electron chi connectivity index (χ3n) is 2.36. The number of allylic oxidation sites excluding steroid dienone is 3. The molecule has 0 heterocycles. The molecule has 0 unspecified atom stereocenters. The second-order valence-corrected chi connectivity index (χ2v) is 6.23. The molecular formula is C12H21BrN4. The highest BCUT2D eigenvalue weighted by Crippen LogP contribution is 2.26. The second-order valence-electron chi connectivity index (χ2n) is 5.43. The summed E-state index contributed by atoms with van der Waals surface area (Å²) >= 11 is 3.41. The number of nitrogens with zero attached hydrogens (tertiary/aromatic N) is 1. The van der Waals surface area contributed by atoms with Gasteiger partial charge in [0.2, 0.25) is 0 Å². The van der Waals surface area contributed by atoms with Gasteiger partial charge in [0.1, 0.15) is 0 Å². The van der Waals surface area contributed by atoms with Crippen molar-refractivity contribution in [1.29, 1.82) is 0 Å². The first-order valence-electron chi connectivity index (χ1n) is 5.55. The Balaban J connectivity index is 3.03. The molecule has 0 aromatic rings. The number of nitrogens with two attached hydrogens (primary N) is 3. The van der Waals surface area contributed by atoms with E-state index < -0.39 is 0 Å². The van der Waals surface area contributed by atoms with Crippen LogP contribution in [0, 0.1) is 5.41 Å². The lowest BCUT2D eigenvalue weighted by atomic mass is 9.96. The van der Waals surface area contributed by atoms with Crippen LogP contribution in [0.4, 0.5) is 0 Å². The molecule has 17 heavy (non-hydrogen) atoms. The maximum Gasteiger partial charge on any atom is 0.0756 e. The molecule has 5 heteroatoms. The standard InChI is InChI=1S/C12H21BrN4/c1-12(2,3)7-17(16)9-6-4-5-8(14)10(13)11(9)15/h4,6H,5,7,14-16H2,1-3H3. The molecule has 0 spiro atoms. The number of hydrogen-bond acceptors (Lipinski definition) is 4. The molecule has 4 nitrogen and oxygen atoms in total. The van der Waals surface area contributed by atoms with Gasteiger partial charge in [-0.25, -0.2) is 5.84 Å². The van der Waals surface area contributed by atoms with Crippen molar-refractivity contribution in [2.24, 2.45) is 22.7 Å². The minimum Gasteiger partial charge on any atom is -0.401 e. The first kappa shape index (κ1) is 14.1. The summed E-state index contributed by atoms with van der Waals surface area (Å²) in [6, 6.07) is 0.